The van der Waals surface area contributed by atoms with Crippen LogP contribution in [-0.4, -0.2) is 35.2 Å². The summed E-state index contributed by atoms with van der Waals surface area (Å²) in [7, 11) is 3.27. The molecular formula is C14H24N2O3. The number of aliphatic hydroxyl groups is 1. The van der Waals surface area contributed by atoms with Crippen LogP contribution >= 0.6 is 0 Å². The Hall–Kier alpha value is -1.07. The molecule has 1 saturated carbocycles. The van der Waals surface area contributed by atoms with E-state index in [2.05, 4.69) is 5.10 Å². The van der Waals surface area contributed by atoms with Gasteiger partial charge in [-0.2, -0.15) is 5.10 Å². The maximum absolute atomic E-state index is 11.2. The third-order valence-electron chi connectivity index (χ3n) is 3.97. The molecule has 1 aliphatic carbocycles. The molecular weight excluding hydrogens is 244 g/mol. The van der Waals surface area contributed by atoms with Crippen LogP contribution < -0.4 is 4.74 Å². The molecule has 0 spiro atoms. The van der Waals surface area contributed by atoms with E-state index in [1.54, 1.807) is 20.4 Å². The molecule has 19 heavy (non-hydrogen) atoms. The topological polar surface area (TPSA) is 56.5 Å². The molecule has 0 bridgehead atoms. The van der Waals surface area contributed by atoms with Crippen LogP contribution in [-0.2, 0) is 10.3 Å². The highest BCUT2D eigenvalue weighted by Gasteiger charge is 2.45. The second-order valence-corrected chi connectivity index (χ2v) is 5.49. The van der Waals surface area contributed by atoms with Crippen LogP contribution in [0.1, 0.15) is 51.3 Å². The number of nitrogens with zero attached hydrogens (tertiary/aromatic N) is 2. The molecule has 1 heterocycles. The lowest BCUT2D eigenvalue weighted by molar-refractivity contribution is -0.128. The van der Waals surface area contributed by atoms with Crippen molar-refractivity contribution in [3.8, 4) is 5.75 Å². The van der Waals surface area contributed by atoms with Gasteiger partial charge in [0.1, 0.15) is 11.3 Å². The van der Waals surface area contributed by atoms with Crippen molar-refractivity contribution in [1.29, 1.82) is 0 Å². The minimum Gasteiger partial charge on any atom is -0.493 e. The van der Waals surface area contributed by atoms with Crippen molar-refractivity contribution in [1.82, 2.24) is 9.78 Å². The zero-order chi connectivity index (χ0) is 14.0. The van der Waals surface area contributed by atoms with Gasteiger partial charge in [-0.1, -0.05) is 6.42 Å². The van der Waals surface area contributed by atoms with Crippen molar-refractivity contribution in [3.63, 3.8) is 0 Å². The van der Waals surface area contributed by atoms with Gasteiger partial charge in [-0.25, -0.2) is 0 Å². The first-order chi connectivity index (χ1) is 9.04. The van der Waals surface area contributed by atoms with Gasteiger partial charge >= 0.3 is 0 Å². The molecule has 0 radical (unpaired) electrons. The van der Waals surface area contributed by atoms with E-state index in [1.165, 1.54) is 0 Å². The third-order valence-corrected chi connectivity index (χ3v) is 3.97. The monoisotopic (exact) mass is 268 g/mol. The van der Waals surface area contributed by atoms with Crippen LogP contribution in [0.3, 0.4) is 0 Å². The minimum atomic E-state index is -1.01. The summed E-state index contributed by atoms with van der Waals surface area (Å²) in [6, 6.07) is 0.169. The van der Waals surface area contributed by atoms with Crippen LogP contribution in [0, 0.1) is 0 Å². The van der Waals surface area contributed by atoms with Crippen molar-refractivity contribution >= 4 is 0 Å². The maximum Gasteiger partial charge on any atom is 0.163 e. The summed E-state index contributed by atoms with van der Waals surface area (Å²) in [5, 5.41) is 15.5. The summed E-state index contributed by atoms with van der Waals surface area (Å²) in [5.74, 6) is 0.639. The highest BCUT2D eigenvalue weighted by Crippen LogP contribution is 2.43. The lowest BCUT2D eigenvalue weighted by atomic mass is 9.79. The minimum absolute atomic E-state index is 0.169. The van der Waals surface area contributed by atoms with Crippen molar-refractivity contribution in [2.45, 2.75) is 57.3 Å². The number of ether oxygens (including phenoxy) is 2. The number of methoxy groups -OCH3 is 2. The van der Waals surface area contributed by atoms with E-state index in [0.717, 1.165) is 25.0 Å². The summed E-state index contributed by atoms with van der Waals surface area (Å²) in [4.78, 5) is 0. The quantitative estimate of drug-likeness (QED) is 0.910. The van der Waals surface area contributed by atoms with Gasteiger partial charge in [-0.05, 0) is 33.1 Å². The molecule has 108 valence electrons. The average Bonchev–Trinajstić information content (AvgIpc) is 2.83. The maximum atomic E-state index is 11.2. The highest BCUT2D eigenvalue weighted by atomic mass is 16.5. The molecule has 0 aromatic carbocycles. The van der Waals surface area contributed by atoms with Gasteiger partial charge < -0.3 is 14.6 Å². The zero-order valence-electron chi connectivity index (χ0n) is 12.2. The Balaban J connectivity index is 2.50. The Bertz CT molecular complexity index is 430. The van der Waals surface area contributed by atoms with Crippen LogP contribution in [0.4, 0.5) is 0 Å². The summed E-state index contributed by atoms with van der Waals surface area (Å²) >= 11 is 0. The second-order valence-electron chi connectivity index (χ2n) is 5.49. The molecule has 1 N–H and O–H groups in total. The van der Waals surface area contributed by atoms with Crippen LogP contribution in [0.2, 0.25) is 0 Å². The van der Waals surface area contributed by atoms with Crippen LogP contribution in [0.5, 0.6) is 5.75 Å². The van der Waals surface area contributed by atoms with E-state index >= 15 is 0 Å². The fraction of sp³-hybridized carbons (Fsp3) is 0.786. The predicted octanol–water partition coefficient (Wildman–Crippen LogP) is 2.25. The third kappa shape index (κ3) is 2.37. The highest BCUT2D eigenvalue weighted by molar-refractivity contribution is 5.33. The van der Waals surface area contributed by atoms with Gasteiger partial charge in [0, 0.05) is 13.2 Å². The molecule has 0 aliphatic heterocycles. The van der Waals surface area contributed by atoms with E-state index in [4.69, 9.17) is 9.47 Å². The average molecular weight is 268 g/mol. The fourth-order valence-electron chi connectivity index (χ4n) is 3.01. The summed E-state index contributed by atoms with van der Waals surface area (Å²) in [5.41, 5.74) is -0.268. The van der Waals surface area contributed by atoms with Gasteiger partial charge in [-0.15, -0.1) is 0 Å². The summed E-state index contributed by atoms with van der Waals surface area (Å²) in [6.45, 7) is 4.09. The number of hydrogen-bond donors (Lipinski definition) is 1. The first-order valence-corrected chi connectivity index (χ1v) is 6.91. The van der Waals surface area contributed by atoms with Gasteiger partial charge in [-0.3, -0.25) is 4.68 Å². The van der Waals surface area contributed by atoms with Gasteiger partial charge in [0.15, 0.2) is 5.75 Å². The number of aromatic nitrogens is 2. The SMILES string of the molecule is COc1cnn(C(C)C)c1C1(O)CCCCC1OC. The van der Waals surface area contributed by atoms with Crippen LogP contribution in [0.15, 0.2) is 6.20 Å². The predicted molar refractivity (Wildman–Crippen MR) is 72.3 cm³/mol. The summed E-state index contributed by atoms with van der Waals surface area (Å²) < 4.78 is 12.8. The zero-order valence-corrected chi connectivity index (χ0v) is 12.2. The first kappa shape index (κ1) is 14.3. The Morgan fingerprint density at radius 2 is 2.16 bits per heavy atom. The standard InChI is InChI=1S/C14H24N2O3/c1-10(2)16-13(11(18-3)9-15-16)14(17)8-6-5-7-12(14)19-4/h9-10,12,17H,5-8H2,1-4H3. The molecule has 0 amide bonds. The fourth-order valence-corrected chi connectivity index (χ4v) is 3.01. The Kier molecular flexibility index (Phi) is 4.16. The van der Waals surface area contributed by atoms with Crippen molar-refractivity contribution in [3.05, 3.63) is 11.9 Å². The van der Waals surface area contributed by atoms with Crippen LogP contribution in [0.25, 0.3) is 0 Å². The van der Waals surface area contributed by atoms with Gasteiger partial charge in [0.25, 0.3) is 0 Å². The smallest absolute Gasteiger partial charge is 0.163 e. The summed E-state index contributed by atoms with van der Waals surface area (Å²) in [6.07, 6.45) is 5.08. The molecule has 5 nitrogen and oxygen atoms in total. The molecule has 1 fully saturated rings. The van der Waals surface area contributed by atoms with E-state index in [-0.39, 0.29) is 12.1 Å². The second kappa shape index (κ2) is 5.51. The Morgan fingerprint density at radius 1 is 1.42 bits per heavy atom. The van der Waals surface area contributed by atoms with E-state index < -0.39 is 5.60 Å². The van der Waals surface area contributed by atoms with E-state index in [9.17, 15) is 5.11 Å². The number of hydrogen-bond acceptors (Lipinski definition) is 4. The number of rotatable bonds is 4. The largest absolute Gasteiger partial charge is 0.493 e. The normalized spacial score (nSPS) is 27.8. The molecule has 2 atom stereocenters. The molecule has 0 saturated heterocycles. The lowest BCUT2D eigenvalue weighted by Gasteiger charge is -2.39. The van der Waals surface area contributed by atoms with Gasteiger partial charge in [0.05, 0.1) is 19.4 Å². The molecule has 1 aliphatic rings. The Labute approximate surface area is 114 Å². The molecule has 5 heteroatoms. The van der Waals surface area contributed by atoms with Crippen molar-refractivity contribution in [2.75, 3.05) is 14.2 Å². The lowest BCUT2D eigenvalue weighted by Crippen LogP contribution is -2.45. The molecule has 2 unspecified atom stereocenters. The van der Waals surface area contributed by atoms with E-state index in [1.807, 2.05) is 18.5 Å². The molecule has 1 aromatic rings. The molecule has 2 rings (SSSR count). The van der Waals surface area contributed by atoms with Crippen molar-refractivity contribution < 1.29 is 14.6 Å². The molecule has 1 aromatic heterocycles. The van der Waals surface area contributed by atoms with Gasteiger partial charge in [0.2, 0.25) is 0 Å². The Morgan fingerprint density at radius 3 is 2.74 bits per heavy atom. The van der Waals surface area contributed by atoms with E-state index in [0.29, 0.717) is 12.2 Å². The van der Waals surface area contributed by atoms with Crippen molar-refractivity contribution in [2.24, 2.45) is 0 Å². The first-order valence-electron chi connectivity index (χ1n) is 6.91.